The number of aromatic nitrogens is 1. The molecule has 2 N–H and O–H groups in total. The minimum Gasteiger partial charge on any atom is -0.439 e. The number of nitrogens with two attached hydrogens (primary N) is 1. The van der Waals surface area contributed by atoms with Gasteiger partial charge in [0, 0.05) is 18.3 Å². The molecule has 0 amide bonds. The topological polar surface area (TPSA) is 48.1 Å². The maximum Gasteiger partial charge on any atom is 0.219 e. The molecule has 0 aliphatic rings. The Bertz CT molecular complexity index is 523. The molecule has 1 unspecified atom stereocenters. The quantitative estimate of drug-likeness (QED) is 0.891. The Morgan fingerprint density at radius 3 is 2.74 bits per heavy atom. The van der Waals surface area contributed by atoms with Crippen LogP contribution in [0.5, 0.6) is 11.6 Å². The second-order valence-electron chi connectivity index (χ2n) is 4.80. The van der Waals surface area contributed by atoms with E-state index in [0.717, 1.165) is 24.2 Å². The summed E-state index contributed by atoms with van der Waals surface area (Å²) in [6.07, 6.45) is 3.66. The summed E-state index contributed by atoms with van der Waals surface area (Å²) in [6, 6.07) is 12.0. The Morgan fingerprint density at radius 2 is 2.11 bits per heavy atom. The van der Waals surface area contributed by atoms with Crippen LogP contribution < -0.4 is 10.5 Å². The second-order valence-corrected chi connectivity index (χ2v) is 4.80. The third-order valence-corrected chi connectivity index (χ3v) is 3.03. The molecule has 0 fully saturated rings. The van der Waals surface area contributed by atoms with Crippen LogP contribution in [0.4, 0.5) is 0 Å². The van der Waals surface area contributed by atoms with E-state index in [2.05, 4.69) is 11.9 Å². The number of rotatable bonds is 5. The van der Waals surface area contributed by atoms with Crippen molar-refractivity contribution in [3.05, 3.63) is 53.7 Å². The number of benzene rings is 1. The van der Waals surface area contributed by atoms with E-state index < -0.39 is 0 Å². The lowest BCUT2D eigenvalue weighted by molar-refractivity contribution is 0.462. The molecular weight excluding hydrogens is 236 g/mol. The van der Waals surface area contributed by atoms with Crippen molar-refractivity contribution in [1.82, 2.24) is 4.98 Å². The van der Waals surface area contributed by atoms with Gasteiger partial charge in [-0.25, -0.2) is 4.98 Å². The molecule has 100 valence electrons. The van der Waals surface area contributed by atoms with Gasteiger partial charge in [-0.2, -0.15) is 0 Å². The van der Waals surface area contributed by atoms with Gasteiger partial charge in [0.05, 0.1) is 0 Å². The lowest BCUT2D eigenvalue weighted by Crippen LogP contribution is -2.21. The molecular formula is C16H20N2O. The van der Waals surface area contributed by atoms with Crippen molar-refractivity contribution in [1.29, 1.82) is 0 Å². The molecule has 1 aromatic heterocycles. The van der Waals surface area contributed by atoms with Gasteiger partial charge in [0.15, 0.2) is 0 Å². The molecule has 3 nitrogen and oxygen atoms in total. The fourth-order valence-corrected chi connectivity index (χ4v) is 1.84. The summed E-state index contributed by atoms with van der Waals surface area (Å²) in [4.78, 5) is 4.31. The fourth-order valence-electron chi connectivity index (χ4n) is 1.84. The fraction of sp³-hybridized carbons (Fsp3) is 0.312. The lowest BCUT2D eigenvalue weighted by Gasteiger charge is -2.09. The van der Waals surface area contributed by atoms with Gasteiger partial charge in [-0.05, 0) is 43.0 Å². The summed E-state index contributed by atoms with van der Waals surface area (Å²) in [6.45, 7) is 4.13. The predicted molar refractivity (Wildman–Crippen MR) is 77.5 cm³/mol. The molecule has 19 heavy (non-hydrogen) atoms. The molecule has 1 atom stereocenters. The Kier molecular flexibility index (Phi) is 4.53. The Labute approximate surface area is 114 Å². The molecule has 0 saturated carbocycles. The van der Waals surface area contributed by atoms with Crippen molar-refractivity contribution in [3.8, 4) is 11.6 Å². The van der Waals surface area contributed by atoms with E-state index in [0.29, 0.717) is 5.88 Å². The summed E-state index contributed by atoms with van der Waals surface area (Å²) in [5.41, 5.74) is 8.24. The smallest absolute Gasteiger partial charge is 0.219 e. The van der Waals surface area contributed by atoms with E-state index in [4.69, 9.17) is 10.5 Å². The normalized spacial score (nSPS) is 12.2. The summed E-state index contributed by atoms with van der Waals surface area (Å²) in [5, 5.41) is 0. The molecule has 0 aliphatic carbocycles. The first-order valence-electron chi connectivity index (χ1n) is 6.62. The van der Waals surface area contributed by atoms with E-state index in [-0.39, 0.29) is 6.04 Å². The Morgan fingerprint density at radius 1 is 1.26 bits per heavy atom. The van der Waals surface area contributed by atoms with Crippen molar-refractivity contribution in [3.63, 3.8) is 0 Å². The van der Waals surface area contributed by atoms with Gasteiger partial charge in [-0.15, -0.1) is 0 Å². The number of ether oxygens (including phenoxy) is 1. The number of hydrogen-bond acceptors (Lipinski definition) is 3. The minimum atomic E-state index is 0.199. The number of pyridine rings is 1. The SMILES string of the molecule is CCC(N)Cc1ccc(Oc2cccc(C)c2)nc1. The molecule has 2 aromatic rings. The van der Waals surface area contributed by atoms with Gasteiger partial charge in [-0.1, -0.05) is 25.1 Å². The third kappa shape index (κ3) is 4.07. The van der Waals surface area contributed by atoms with Crippen molar-refractivity contribution < 1.29 is 4.74 Å². The van der Waals surface area contributed by atoms with E-state index >= 15 is 0 Å². The van der Waals surface area contributed by atoms with Gasteiger partial charge in [-0.3, -0.25) is 0 Å². The molecule has 0 aliphatic heterocycles. The van der Waals surface area contributed by atoms with Gasteiger partial charge in [0.25, 0.3) is 0 Å². The van der Waals surface area contributed by atoms with Crippen LogP contribution in [0.3, 0.4) is 0 Å². The summed E-state index contributed by atoms with van der Waals surface area (Å²) in [7, 11) is 0. The van der Waals surface area contributed by atoms with Crippen LogP contribution in [0.25, 0.3) is 0 Å². The monoisotopic (exact) mass is 256 g/mol. The molecule has 1 aromatic carbocycles. The lowest BCUT2D eigenvalue weighted by atomic mass is 10.1. The number of nitrogens with zero attached hydrogens (tertiary/aromatic N) is 1. The van der Waals surface area contributed by atoms with Crippen LogP contribution >= 0.6 is 0 Å². The van der Waals surface area contributed by atoms with Crippen LogP contribution in [0.2, 0.25) is 0 Å². The highest BCUT2D eigenvalue weighted by Gasteiger charge is 2.03. The third-order valence-electron chi connectivity index (χ3n) is 3.03. The standard InChI is InChI=1S/C16H20N2O/c1-3-14(17)10-13-7-8-16(18-11-13)19-15-6-4-5-12(2)9-15/h4-9,11,14H,3,10,17H2,1-2H3. The average Bonchev–Trinajstić information content (AvgIpc) is 2.41. The molecule has 0 spiro atoms. The Balaban J connectivity index is 2.02. The highest BCUT2D eigenvalue weighted by molar-refractivity contribution is 5.31. The average molecular weight is 256 g/mol. The van der Waals surface area contributed by atoms with E-state index in [1.54, 1.807) is 0 Å². The van der Waals surface area contributed by atoms with Gasteiger partial charge >= 0.3 is 0 Å². The zero-order valence-corrected chi connectivity index (χ0v) is 11.5. The largest absolute Gasteiger partial charge is 0.439 e. The first-order chi connectivity index (χ1) is 9.17. The first-order valence-corrected chi connectivity index (χ1v) is 6.62. The van der Waals surface area contributed by atoms with E-state index in [1.165, 1.54) is 5.56 Å². The molecule has 0 saturated heterocycles. The highest BCUT2D eigenvalue weighted by atomic mass is 16.5. The van der Waals surface area contributed by atoms with Crippen LogP contribution in [-0.4, -0.2) is 11.0 Å². The summed E-state index contributed by atoms with van der Waals surface area (Å²) in [5.74, 6) is 1.42. The van der Waals surface area contributed by atoms with Crippen molar-refractivity contribution >= 4 is 0 Å². The zero-order valence-electron chi connectivity index (χ0n) is 11.5. The second kappa shape index (κ2) is 6.34. The van der Waals surface area contributed by atoms with Crippen molar-refractivity contribution in [2.75, 3.05) is 0 Å². The maximum atomic E-state index is 5.92. The van der Waals surface area contributed by atoms with E-state index in [1.807, 2.05) is 49.5 Å². The molecule has 3 heteroatoms. The maximum absolute atomic E-state index is 5.92. The zero-order chi connectivity index (χ0) is 13.7. The Hall–Kier alpha value is -1.87. The van der Waals surface area contributed by atoms with Crippen LogP contribution in [0.15, 0.2) is 42.6 Å². The molecule has 0 bridgehead atoms. The molecule has 0 radical (unpaired) electrons. The number of hydrogen-bond donors (Lipinski definition) is 1. The van der Waals surface area contributed by atoms with Crippen LogP contribution in [0, 0.1) is 6.92 Å². The highest BCUT2D eigenvalue weighted by Crippen LogP contribution is 2.20. The first kappa shape index (κ1) is 13.6. The van der Waals surface area contributed by atoms with Crippen molar-refractivity contribution in [2.24, 2.45) is 5.73 Å². The van der Waals surface area contributed by atoms with Crippen molar-refractivity contribution in [2.45, 2.75) is 32.7 Å². The molecule has 1 heterocycles. The minimum absolute atomic E-state index is 0.199. The van der Waals surface area contributed by atoms with Gasteiger partial charge in [0.2, 0.25) is 5.88 Å². The van der Waals surface area contributed by atoms with Gasteiger partial charge < -0.3 is 10.5 Å². The summed E-state index contributed by atoms with van der Waals surface area (Å²) >= 11 is 0. The summed E-state index contributed by atoms with van der Waals surface area (Å²) < 4.78 is 5.70. The van der Waals surface area contributed by atoms with E-state index in [9.17, 15) is 0 Å². The molecule has 2 rings (SSSR count). The number of aryl methyl sites for hydroxylation is 1. The van der Waals surface area contributed by atoms with Gasteiger partial charge in [0.1, 0.15) is 5.75 Å². The van der Waals surface area contributed by atoms with Crippen LogP contribution in [0.1, 0.15) is 24.5 Å². The predicted octanol–water partition coefficient (Wildman–Crippen LogP) is 3.46. The van der Waals surface area contributed by atoms with Crippen LogP contribution in [-0.2, 0) is 6.42 Å².